The molecule has 1 N–H and O–H groups in total. The molecule has 3 heterocycles. The molecule has 6 nitrogen and oxygen atoms in total. The third kappa shape index (κ3) is 3.15. The van der Waals surface area contributed by atoms with Gasteiger partial charge in [0.25, 0.3) is 0 Å². The van der Waals surface area contributed by atoms with Crippen LogP contribution in [-0.4, -0.2) is 28.3 Å². The monoisotopic (exact) mass is 327 g/mol. The first kappa shape index (κ1) is 15.4. The fraction of sp³-hybridized carbons (Fsp3) is 0.125. The quantitative estimate of drug-likeness (QED) is 0.545. The van der Waals surface area contributed by atoms with Gasteiger partial charge in [-0.05, 0) is 55.3 Å². The second-order valence-corrected chi connectivity index (χ2v) is 6.01. The Labute approximate surface area is 135 Å². The molecule has 0 spiro atoms. The third-order valence-corrected chi connectivity index (χ3v) is 4.04. The van der Waals surface area contributed by atoms with Crippen molar-refractivity contribution in [2.75, 3.05) is 0 Å². The van der Waals surface area contributed by atoms with Crippen LogP contribution in [0.1, 0.15) is 11.5 Å². The molecule has 1 aromatic carbocycles. The Hall–Kier alpha value is -2.51. The summed E-state index contributed by atoms with van der Waals surface area (Å²) in [6.07, 6.45) is 0. The highest BCUT2D eigenvalue weighted by Crippen LogP contribution is 2.17. The molecule has 0 aliphatic rings. The van der Waals surface area contributed by atoms with E-state index in [0.717, 1.165) is 28.2 Å². The molecule has 3 aromatic heterocycles. The van der Waals surface area contributed by atoms with Crippen LogP contribution in [0.25, 0.3) is 16.7 Å². The largest absolute Gasteiger partial charge is 0.768 e. The second kappa shape index (κ2) is 6.31. The van der Waals surface area contributed by atoms with Crippen LogP contribution in [0, 0.1) is 13.8 Å². The van der Waals surface area contributed by atoms with Gasteiger partial charge < -0.3 is 9.54 Å². The van der Waals surface area contributed by atoms with E-state index >= 15 is 0 Å². The maximum atomic E-state index is 10.2. The van der Waals surface area contributed by atoms with Crippen LogP contribution in [0.2, 0.25) is 0 Å². The number of aromatic nitrogens is 4. The molecule has 0 radical (unpaired) electrons. The first-order valence-electron chi connectivity index (χ1n) is 7.00. The number of hydrogen-bond donors (Lipinski definition) is 1. The van der Waals surface area contributed by atoms with E-state index in [1.165, 1.54) is 0 Å². The minimum Gasteiger partial charge on any atom is -0.768 e. The van der Waals surface area contributed by atoms with Crippen LogP contribution in [0.15, 0.2) is 53.4 Å². The van der Waals surface area contributed by atoms with Crippen molar-refractivity contribution in [2.45, 2.75) is 18.7 Å². The zero-order chi connectivity index (χ0) is 16.4. The number of fused-ring (bicyclic) bond motifs is 3. The normalized spacial score (nSPS) is 12.1. The molecule has 0 bridgehead atoms. The van der Waals surface area contributed by atoms with Crippen LogP contribution in [0.4, 0.5) is 0 Å². The zero-order valence-corrected chi connectivity index (χ0v) is 13.5. The number of aryl methyl sites for hydroxylation is 2. The van der Waals surface area contributed by atoms with Crippen molar-refractivity contribution in [3.63, 3.8) is 0 Å². The Kier molecular flexibility index (Phi) is 4.22. The standard InChI is InChI=1S/C10H10N4.C6H6O2S/c1-6-5-9-8(11-6)3-4-10-13-12-7(2)14(9)10;7-9(8)6-4-2-1-3-5-6/h3-5,11H,1-2H3;1-5H,(H,7,8)/p-1. The summed E-state index contributed by atoms with van der Waals surface area (Å²) in [6.45, 7) is 4.01. The van der Waals surface area contributed by atoms with Gasteiger partial charge in [0, 0.05) is 10.6 Å². The summed E-state index contributed by atoms with van der Waals surface area (Å²) in [7, 11) is 0. The number of H-pyrrole nitrogens is 1. The van der Waals surface area contributed by atoms with Gasteiger partial charge in [-0.1, -0.05) is 18.2 Å². The summed E-state index contributed by atoms with van der Waals surface area (Å²) in [6, 6.07) is 14.3. The van der Waals surface area contributed by atoms with Crippen molar-refractivity contribution in [3.8, 4) is 0 Å². The first-order chi connectivity index (χ1) is 11.1. The topological polar surface area (TPSA) is 86.1 Å². The number of rotatable bonds is 1. The number of nitrogens with one attached hydrogen (secondary N) is 1. The lowest BCUT2D eigenvalue weighted by Gasteiger charge is -2.01. The molecule has 0 amide bonds. The summed E-state index contributed by atoms with van der Waals surface area (Å²) in [5.41, 5.74) is 4.31. The summed E-state index contributed by atoms with van der Waals surface area (Å²) in [5.74, 6) is 0.921. The third-order valence-electron chi connectivity index (χ3n) is 3.39. The molecule has 1 unspecified atom stereocenters. The summed E-state index contributed by atoms with van der Waals surface area (Å²) < 4.78 is 22.5. The molecular formula is C16H15N4O2S-. The van der Waals surface area contributed by atoms with Crippen molar-refractivity contribution < 1.29 is 8.76 Å². The molecule has 4 rings (SSSR count). The minimum atomic E-state index is -2.08. The Morgan fingerprint density at radius 2 is 1.83 bits per heavy atom. The van der Waals surface area contributed by atoms with Gasteiger partial charge >= 0.3 is 0 Å². The molecule has 0 aliphatic heterocycles. The lowest BCUT2D eigenvalue weighted by atomic mass is 10.3. The van der Waals surface area contributed by atoms with Crippen LogP contribution in [0.5, 0.6) is 0 Å². The van der Waals surface area contributed by atoms with E-state index in [4.69, 9.17) is 0 Å². The lowest BCUT2D eigenvalue weighted by Crippen LogP contribution is -1.88. The molecule has 0 saturated heterocycles. The average molecular weight is 327 g/mol. The molecule has 1 atom stereocenters. The van der Waals surface area contributed by atoms with Crippen LogP contribution >= 0.6 is 0 Å². The Morgan fingerprint density at radius 1 is 1.09 bits per heavy atom. The highest BCUT2D eigenvalue weighted by atomic mass is 32.2. The molecule has 118 valence electrons. The van der Waals surface area contributed by atoms with E-state index in [2.05, 4.69) is 25.6 Å². The van der Waals surface area contributed by atoms with E-state index in [-0.39, 0.29) is 0 Å². The maximum Gasteiger partial charge on any atom is 0.161 e. The van der Waals surface area contributed by atoms with Gasteiger partial charge in [-0.25, -0.2) is 0 Å². The first-order valence-corrected chi connectivity index (χ1v) is 8.08. The molecule has 23 heavy (non-hydrogen) atoms. The maximum absolute atomic E-state index is 10.2. The van der Waals surface area contributed by atoms with Gasteiger partial charge in [0.1, 0.15) is 5.82 Å². The van der Waals surface area contributed by atoms with Crippen molar-refractivity contribution in [3.05, 3.63) is 60.0 Å². The van der Waals surface area contributed by atoms with Crippen LogP contribution in [0.3, 0.4) is 0 Å². The van der Waals surface area contributed by atoms with Gasteiger partial charge in [0.2, 0.25) is 0 Å². The molecule has 0 fully saturated rings. The highest BCUT2D eigenvalue weighted by Gasteiger charge is 2.06. The van der Waals surface area contributed by atoms with Gasteiger partial charge in [0.15, 0.2) is 5.65 Å². The van der Waals surface area contributed by atoms with Crippen LogP contribution < -0.4 is 0 Å². The average Bonchev–Trinajstić information content (AvgIpc) is 3.10. The molecule has 7 heteroatoms. The van der Waals surface area contributed by atoms with Crippen molar-refractivity contribution in [1.82, 2.24) is 19.6 Å². The Morgan fingerprint density at radius 3 is 2.48 bits per heavy atom. The summed E-state index contributed by atoms with van der Waals surface area (Å²) >= 11 is -2.08. The number of aromatic amines is 1. The van der Waals surface area contributed by atoms with Crippen molar-refractivity contribution in [2.24, 2.45) is 0 Å². The van der Waals surface area contributed by atoms with E-state index in [9.17, 15) is 8.76 Å². The summed E-state index contributed by atoms with van der Waals surface area (Å²) in [4.78, 5) is 3.62. The Balaban J connectivity index is 0.000000151. The SMILES string of the molecule is Cc1cc2c(ccc3nnc(C)n32)[nH]1.O=S([O-])c1ccccc1. The Bertz CT molecular complexity index is 976. The second-order valence-electron chi connectivity index (χ2n) is 5.07. The van der Waals surface area contributed by atoms with Gasteiger partial charge in [0.05, 0.1) is 11.0 Å². The van der Waals surface area contributed by atoms with Gasteiger partial charge in [-0.3, -0.25) is 8.61 Å². The molecule has 0 saturated carbocycles. The predicted molar refractivity (Wildman–Crippen MR) is 87.9 cm³/mol. The number of pyridine rings is 1. The van der Waals surface area contributed by atoms with Gasteiger partial charge in [-0.2, -0.15) is 0 Å². The lowest BCUT2D eigenvalue weighted by molar-refractivity contribution is 0.537. The van der Waals surface area contributed by atoms with Gasteiger partial charge in [-0.15, -0.1) is 10.2 Å². The smallest absolute Gasteiger partial charge is 0.161 e. The van der Waals surface area contributed by atoms with Crippen molar-refractivity contribution >= 4 is 27.8 Å². The van der Waals surface area contributed by atoms with E-state index in [1.54, 1.807) is 30.3 Å². The summed E-state index contributed by atoms with van der Waals surface area (Å²) in [5, 5.41) is 8.13. The van der Waals surface area contributed by atoms with E-state index in [0.29, 0.717) is 4.90 Å². The molecular weight excluding hydrogens is 312 g/mol. The predicted octanol–water partition coefficient (Wildman–Crippen LogP) is 2.75. The molecule has 0 aliphatic carbocycles. The molecule has 4 aromatic rings. The zero-order valence-electron chi connectivity index (χ0n) is 12.7. The van der Waals surface area contributed by atoms with Crippen molar-refractivity contribution in [1.29, 1.82) is 0 Å². The van der Waals surface area contributed by atoms with Crippen LogP contribution in [-0.2, 0) is 11.1 Å². The van der Waals surface area contributed by atoms with E-state index < -0.39 is 11.1 Å². The number of benzene rings is 1. The number of nitrogens with zero attached hydrogens (tertiary/aromatic N) is 3. The fourth-order valence-corrected chi connectivity index (χ4v) is 2.76. The number of hydrogen-bond acceptors (Lipinski definition) is 4. The fourth-order valence-electron chi connectivity index (χ4n) is 2.38. The van der Waals surface area contributed by atoms with E-state index in [1.807, 2.05) is 26.0 Å². The highest BCUT2D eigenvalue weighted by molar-refractivity contribution is 7.79. The minimum absolute atomic E-state index is 0.331.